The van der Waals surface area contributed by atoms with E-state index in [0.717, 1.165) is 37.9 Å². The van der Waals surface area contributed by atoms with Gasteiger partial charge >= 0.3 is 0 Å². The second-order valence-corrected chi connectivity index (χ2v) is 4.59. The number of rotatable bonds is 2. The van der Waals surface area contributed by atoms with Crippen LogP contribution < -0.4 is 10.6 Å². The smallest absolute Gasteiger partial charge is 0.168 e. The number of hydrogen-bond donors (Lipinski definition) is 1. The number of aromatic nitrogens is 1. The Morgan fingerprint density at radius 1 is 1.35 bits per heavy atom. The normalized spacial score (nSPS) is 24.7. The molecule has 0 amide bonds. The van der Waals surface area contributed by atoms with Gasteiger partial charge in [-0.2, -0.15) is 0 Å². The van der Waals surface area contributed by atoms with E-state index in [-0.39, 0.29) is 17.9 Å². The second-order valence-electron chi connectivity index (χ2n) is 4.59. The average molecular weight is 241 g/mol. The van der Waals surface area contributed by atoms with E-state index in [1.54, 1.807) is 11.9 Å². The lowest BCUT2D eigenvalue weighted by molar-refractivity contribution is 0.369. The van der Waals surface area contributed by atoms with E-state index >= 15 is 0 Å². The van der Waals surface area contributed by atoms with E-state index in [0.29, 0.717) is 0 Å². The van der Waals surface area contributed by atoms with Gasteiger partial charge in [0.1, 0.15) is 5.82 Å². The molecule has 1 aliphatic carbocycles. The van der Waals surface area contributed by atoms with Crippen LogP contribution in [0.4, 0.5) is 14.6 Å². The molecular weight excluding hydrogens is 224 g/mol. The molecule has 5 heteroatoms. The standard InChI is InChI=1S/C12H17F2N3/c1-17(11-5-3-2-4-10(11)15)12-9(14)6-8(13)7-16-12/h6-7,10-11H,2-5,15H2,1H3. The minimum absolute atomic E-state index is 0.0278. The first kappa shape index (κ1) is 12.2. The molecule has 0 saturated heterocycles. The quantitative estimate of drug-likeness (QED) is 0.861. The lowest BCUT2D eigenvalue weighted by Crippen LogP contribution is -2.48. The lowest BCUT2D eigenvalue weighted by atomic mass is 9.90. The molecule has 0 radical (unpaired) electrons. The Hall–Kier alpha value is -1.23. The number of nitrogens with two attached hydrogens (primary N) is 1. The monoisotopic (exact) mass is 241 g/mol. The van der Waals surface area contributed by atoms with Crippen LogP contribution in [-0.2, 0) is 0 Å². The first-order chi connectivity index (χ1) is 8.09. The third-order valence-corrected chi connectivity index (χ3v) is 3.40. The van der Waals surface area contributed by atoms with Crippen LogP contribution in [0.1, 0.15) is 25.7 Å². The first-order valence-corrected chi connectivity index (χ1v) is 5.89. The van der Waals surface area contributed by atoms with Crippen molar-refractivity contribution in [1.29, 1.82) is 0 Å². The van der Waals surface area contributed by atoms with Gasteiger partial charge in [0.05, 0.1) is 6.20 Å². The highest BCUT2D eigenvalue weighted by Gasteiger charge is 2.27. The number of likely N-dealkylation sites (N-methyl/N-ethyl adjacent to an activating group) is 1. The third-order valence-electron chi connectivity index (χ3n) is 3.40. The molecule has 1 fully saturated rings. The van der Waals surface area contributed by atoms with E-state index in [2.05, 4.69) is 4.98 Å². The molecule has 2 atom stereocenters. The fourth-order valence-electron chi connectivity index (χ4n) is 2.44. The van der Waals surface area contributed by atoms with Crippen molar-refractivity contribution in [2.24, 2.45) is 5.73 Å². The fraction of sp³-hybridized carbons (Fsp3) is 0.583. The fourth-order valence-corrected chi connectivity index (χ4v) is 2.44. The molecule has 2 unspecified atom stereocenters. The maximum Gasteiger partial charge on any atom is 0.168 e. The second kappa shape index (κ2) is 4.96. The molecule has 0 spiro atoms. The molecule has 1 aliphatic rings. The van der Waals surface area contributed by atoms with Gasteiger partial charge in [-0.3, -0.25) is 0 Å². The van der Waals surface area contributed by atoms with Gasteiger partial charge in [0.2, 0.25) is 0 Å². The first-order valence-electron chi connectivity index (χ1n) is 5.89. The molecule has 0 aromatic carbocycles. The van der Waals surface area contributed by atoms with Crippen molar-refractivity contribution in [2.45, 2.75) is 37.8 Å². The van der Waals surface area contributed by atoms with Gasteiger partial charge in [0.25, 0.3) is 0 Å². The highest BCUT2D eigenvalue weighted by atomic mass is 19.1. The largest absolute Gasteiger partial charge is 0.353 e. The van der Waals surface area contributed by atoms with Crippen LogP contribution in [0.15, 0.2) is 12.3 Å². The molecule has 94 valence electrons. The Kier molecular flexibility index (Phi) is 3.57. The topological polar surface area (TPSA) is 42.2 Å². The van der Waals surface area contributed by atoms with Gasteiger partial charge in [-0.05, 0) is 12.8 Å². The molecule has 1 saturated carbocycles. The van der Waals surface area contributed by atoms with Gasteiger partial charge in [0, 0.05) is 25.2 Å². The maximum atomic E-state index is 13.6. The Labute approximate surface area is 99.6 Å². The summed E-state index contributed by atoms with van der Waals surface area (Å²) in [5.41, 5.74) is 6.03. The molecule has 0 aliphatic heterocycles. The zero-order chi connectivity index (χ0) is 12.4. The minimum atomic E-state index is -0.660. The van der Waals surface area contributed by atoms with E-state index in [1.165, 1.54) is 0 Å². The van der Waals surface area contributed by atoms with E-state index < -0.39 is 11.6 Å². The number of anilines is 1. The van der Waals surface area contributed by atoms with Crippen molar-refractivity contribution in [3.63, 3.8) is 0 Å². The van der Waals surface area contributed by atoms with Crippen molar-refractivity contribution in [2.75, 3.05) is 11.9 Å². The zero-order valence-corrected chi connectivity index (χ0v) is 9.87. The van der Waals surface area contributed by atoms with Gasteiger partial charge < -0.3 is 10.6 Å². The van der Waals surface area contributed by atoms with Crippen LogP contribution in [0, 0.1) is 11.6 Å². The van der Waals surface area contributed by atoms with E-state index in [9.17, 15) is 8.78 Å². The molecule has 1 aromatic rings. The number of nitrogens with zero attached hydrogens (tertiary/aromatic N) is 2. The molecule has 1 aromatic heterocycles. The summed E-state index contributed by atoms with van der Waals surface area (Å²) in [7, 11) is 1.76. The zero-order valence-electron chi connectivity index (χ0n) is 9.87. The summed E-state index contributed by atoms with van der Waals surface area (Å²) in [5.74, 6) is -1.12. The summed E-state index contributed by atoms with van der Waals surface area (Å²) in [6, 6.07) is 0.962. The van der Waals surface area contributed by atoms with Gasteiger partial charge in [-0.25, -0.2) is 13.8 Å². The maximum absolute atomic E-state index is 13.6. The van der Waals surface area contributed by atoms with E-state index in [4.69, 9.17) is 5.73 Å². The Bertz CT molecular complexity index is 397. The highest BCUT2D eigenvalue weighted by Crippen LogP contribution is 2.26. The minimum Gasteiger partial charge on any atom is -0.353 e. The Morgan fingerprint density at radius 3 is 2.71 bits per heavy atom. The number of pyridine rings is 1. The number of hydrogen-bond acceptors (Lipinski definition) is 3. The molecule has 2 rings (SSSR count). The van der Waals surface area contributed by atoms with Crippen LogP contribution >= 0.6 is 0 Å². The summed E-state index contributed by atoms with van der Waals surface area (Å²) in [6.07, 6.45) is 5.10. The third kappa shape index (κ3) is 2.54. The van der Waals surface area contributed by atoms with Gasteiger partial charge in [0.15, 0.2) is 11.6 Å². The Balaban J connectivity index is 2.20. The predicted octanol–water partition coefficient (Wildman–Crippen LogP) is 2.07. The molecule has 0 bridgehead atoms. The van der Waals surface area contributed by atoms with Crippen molar-refractivity contribution >= 4 is 5.82 Å². The SMILES string of the molecule is CN(c1ncc(F)cc1F)C1CCCCC1N. The summed E-state index contributed by atoms with van der Waals surface area (Å²) >= 11 is 0. The van der Waals surface area contributed by atoms with Crippen molar-refractivity contribution in [3.8, 4) is 0 Å². The molecule has 3 nitrogen and oxygen atoms in total. The van der Waals surface area contributed by atoms with E-state index in [1.807, 2.05) is 0 Å². The summed E-state index contributed by atoms with van der Waals surface area (Å²) in [6.45, 7) is 0. The van der Waals surface area contributed by atoms with Gasteiger partial charge in [-0.15, -0.1) is 0 Å². The Morgan fingerprint density at radius 2 is 2.06 bits per heavy atom. The van der Waals surface area contributed by atoms with Gasteiger partial charge in [-0.1, -0.05) is 12.8 Å². The average Bonchev–Trinajstić information content (AvgIpc) is 2.29. The van der Waals surface area contributed by atoms with Crippen molar-refractivity contribution in [3.05, 3.63) is 23.9 Å². The summed E-state index contributed by atoms with van der Waals surface area (Å²) in [5, 5.41) is 0. The summed E-state index contributed by atoms with van der Waals surface area (Å²) < 4.78 is 26.4. The lowest BCUT2D eigenvalue weighted by Gasteiger charge is -2.36. The predicted molar refractivity (Wildman–Crippen MR) is 62.8 cm³/mol. The van der Waals surface area contributed by atoms with Crippen LogP contribution in [0.3, 0.4) is 0 Å². The van der Waals surface area contributed by atoms with Crippen molar-refractivity contribution < 1.29 is 8.78 Å². The number of halogens is 2. The highest BCUT2D eigenvalue weighted by molar-refractivity contribution is 5.40. The molecule has 2 N–H and O–H groups in total. The van der Waals surface area contributed by atoms with Crippen LogP contribution in [0.5, 0.6) is 0 Å². The molecule has 1 heterocycles. The molecular formula is C12H17F2N3. The van der Waals surface area contributed by atoms with Crippen molar-refractivity contribution in [1.82, 2.24) is 4.98 Å². The molecule has 17 heavy (non-hydrogen) atoms. The van der Waals surface area contributed by atoms with Crippen LogP contribution in [-0.4, -0.2) is 24.1 Å². The van der Waals surface area contributed by atoms with Crippen LogP contribution in [0.25, 0.3) is 0 Å². The van der Waals surface area contributed by atoms with Crippen LogP contribution in [0.2, 0.25) is 0 Å². The summed E-state index contributed by atoms with van der Waals surface area (Å²) in [4.78, 5) is 5.54.